The lowest BCUT2D eigenvalue weighted by atomic mass is 9.54. The average molecular weight is 450 g/mol. The number of carbonyl (C=O) groups excluding carboxylic acids is 1. The van der Waals surface area contributed by atoms with Crippen molar-refractivity contribution in [3.63, 3.8) is 0 Å². The molecule has 4 heteroatoms. The number of carbonyl (C=O) groups is 1. The van der Waals surface area contributed by atoms with Gasteiger partial charge in [-0.25, -0.2) is 0 Å². The monoisotopic (exact) mass is 449 g/mol. The highest BCUT2D eigenvalue weighted by Crippen LogP contribution is 2.64. The van der Waals surface area contributed by atoms with Crippen LogP contribution in [0.5, 0.6) is 5.75 Å². The van der Waals surface area contributed by atoms with Gasteiger partial charge >= 0.3 is 0 Å². The second-order valence-electron chi connectivity index (χ2n) is 11.3. The Kier molecular flexibility index (Phi) is 5.81. The number of rotatable bonds is 5. The first-order valence-electron chi connectivity index (χ1n) is 12.9. The fourth-order valence-corrected chi connectivity index (χ4v) is 7.72. The topological polar surface area (TPSA) is 49.8 Å². The molecule has 0 radical (unpaired) electrons. The van der Waals surface area contributed by atoms with E-state index in [2.05, 4.69) is 13.8 Å². The van der Waals surface area contributed by atoms with E-state index in [4.69, 9.17) is 4.84 Å². The van der Waals surface area contributed by atoms with Crippen LogP contribution in [0.25, 0.3) is 0 Å². The molecule has 4 nitrogen and oxygen atoms in total. The molecular weight excluding hydrogens is 410 g/mol. The number of hydrogen-bond acceptors (Lipinski definition) is 4. The second kappa shape index (κ2) is 8.39. The van der Waals surface area contributed by atoms with E-state index in [0.29, 0.717) is 11.8 Å². The number of aliphatic hydroxyl groups is 1. The summed E-state index contributed by atoms with van der Waals surface area (Å²) < 4.78 is 0. The van der Waals surface area contributed by atoms with Crippen molar-refractivity contribution in [3.8, 4) is 5.75 Å². The van der Waals surface area contributed by atoms with Crippen LogP contribution in [0.3, 0.4) is 0 Å². The molecule has 33 heavy (non-hydrogen) atoms. The second-order valence-corrected chi connectivity index (χ2v) is 11.3. The first-order valence-corrected chi connectivity index (χ1v) is 12.9. The van der Waals surface area contributed by atoms with Gasteiger partial charge in [-0.05, 0) is 104 Å². The molecule has 0 heterocycles. The first kappa shape index (κ1) is 22.9. The Morgan fingerprint density at radius 3 is 2.58 bits per heavy atom. The lowest BCUT2D eigenvalue weighted by Gasteiger charge is -2.52. The number of benzene rings is 1. The van der Waals surface area contributed by atoms with Gasteiger partial charge in [0.2, 0.25) is 0 Å². The number of nitrogens with zero attached hydrogens (tertiary/aromatic N) is 1. The summed E-state index contributed by atoms with van der Waals surface area (Å²) in [5, 5.41) is 13.3. The maximum Gasteiger partial charge on any atom is 0.163 e. The maximum absolute atomic E-state index is 13.1. The van der Waals surface area contributed by atoms with Crippen molar-refractivity contribution >= 4 is 5.78 Å². The Morgan fingerprint density at radius 1 is 1.12 bits per heavy atom. The Hall–Kier alpha value is -1.91. The van der Waals surface area contributed by atoms with Gasteiger partial charge in [-0.15, -0.1) is 0 Å². The van der Waals surface area contributed by atoms with Crippen LogP contribution in [0.2, 0.25) is 0 Å². The summed E-state index contributed by atoms with van der Waals surface area (Å²) >= 11 is 0. The van der Waals surface area contributed by atoms with Gasteiger partial charge in [0, 0.05) is 14.1 Å². The lowest BCUT2D eigenvalue weighted by molar-refractivity contribution is -0.116. The van der Waals surface area contributed by atoms with Crippen LogP contribution < -0.4 is 4.84 Å². The zero-order valence-corrected chi connectivity index (χ0v) is 20.7. The minimum atomic E-state index is -0.500. The Morgan fingerprint density at radius 2 is 1.88 bits per heavy atom. The minimum Gasteiger partial charge on any atom is -0.407 e. The molecule has 4 aliphatic carbocycles. The fraction of sp³-hybridized carbons (Fsp3) is 0.621. The van der Waals surface area contributed by atoms with Crippen molar-refractivity contribution in [2.24, 2.45) is 17.3 Å². The average Bonchev–Trinajstić information content (AvgIpc) is 3.04. The largest absolute Gasteiger partial charge is 0.407 e. The highest BCUT2D eigenvalue weighted by atomic mass is 16.7. The highest BCUT2D eigenvalue weighted by Gasteiger charge is 2.60. The molecule has 2 saturated carbocycles. The molecule has 1 aromatic rings. The van der Waals surface area contributed by atoms with Crippen LogP contribution in [0, 0.1) is 17.3 Å². The number of allylic oxidation sites excluding steroid dienone is 4. The van der Waals surface area contributed by atoms with E-state index >= 15 is 0 Å². The van der Waals surface area contributed by atoms with Crippen LogP contribution in [0.4, 0.5) is 0 Å². The summed E-state index contributed by atoms with van der Waals surface area (Å²) in [6.07, 6.45) is 11.1. The van der Waals surface area contributed by atoms with E-state index in [1.54, 1.807) is 10.6 Å². The standard InChI is InChI=1S/C29H39NO3/c1-5-14-29(32)16-13-26-23-11-8-20-17-27(31)25(18-24(20)22(23)12-15-28(26,29)2)19-6-9-21(10-7-19)33-30(3)4/h6-7,9-10,17,23,25-26,32H,5,8,11-16,18H2,1-4H3/t23-,25?,26+,28+,29-/m1/s1. The van der Waals surface area contributed by atoms with E-state index in [1.807, 2.05) is 44.4 Å². The van der Waals surface area contributed by atoms with Gasteiger partial charge in [-0.3, -0.25) is 4.79 Å². The number of fused-ring (bicyclic) bond motifs is 4. The van der Waals surface area contributed by atoms with Gasteiger partial charge in [0.15, 0.2) is 5.78 Å². The number of ketones is 1. The Bertz CT molecular complexity index is 991. The molecule has 0 amide bonds. The van der Waals surface area contributed by atoms with Gasteiger partial charge in [0.05, 0.1) is 11.5 Å². The van der Waals surface area contributed by atoms with Crippen LogP contribution in [-0.2, 0) is 4.79 Å². The summed E-state index contributed by atoms with van der Waals surface area (Å²) in [5.74, 6) is 2.08. The summed E-state index contributed by atoms with van der Waals surface area (Å²) in [4.78, 5) is 18.7. The lowest BCUT2D eigenvalue weighted by Crippen LogP contribution is -2.49. The quantitative estimate of drug-likeness (QED) is 0.563. The van der Waals surface area contributed by atoms with Crippen molar-refractivity contribution in [1.29, 1.82) is 0 Å². The summed E-state index contributed by atoms with van der Waals surface area (Å²) in [5.41, 5.74) is 4.99. The van der Waals surface area contributed by atoms with Crippen LogP contribution in [-0.4, -0.2) is 35.6 Å². The van der Waals surface area contributed by atoms with Gasteiger partial charge < -0.3 is 9.94 Å². The normalized spacial score (nSPS) is 35.8. The van der Waals surface area contributed by atoms with Crippen molar-refractivity contribution in [2.45, 2.75) is 83.2 Å². The molecule has 4 aliphatic rings. The van der Waals surface area contributed by atoms with Crippen LogP contribution >= 0.6 is 0 Å². The van der Waals surface area contributed by atoms with Gasteiger partial charge in [0.25, 0.3) is 0 Å². The summed E-state index contributed by atoms with van der Waals surface area (Å²) in [6.45, 7) is 4.57. The molecule has 0 aliphatic heterocycles. The predicted octanol–water partition coefficient (Wildman–Crippen LogP) is 5.97. The molecule has 1 unspecified atom stereocenters. The number of hydrogen-bond donors (Lipinski definition) is 1. The van der Waals surface area contributed by atoms with Gasteiger partial charge in [-0.2, -0.15) is 5.06 Å². The highest BCUT2D eigenvalue weighted by molar-refractivity contribution is 5.98. The van der Waals surface area contributed by atoms with Crippen molar-refractivity contribution in [3.05, 3.63) is 52.6 Å². The molecule has 1 aromatic carbocycles. The smallest absolute Gasteiger partial charge is 0.163 e. The zero-order chi connectivity index (χ0) is 23.4. The van der Waals surface area contributed by atoms with E-state index in [0.717, 1.165) is 69.1 Å². The fourth-order valence-electron chi connectivity index (χ4n) is 7.72. The Labute approximate surface area is 198 Å². The SMILES string of the molecule is CCC[C@@]1(O)CC[C@H]2[C@@H]3CCC4=CC(=O)C(c5ccc(ON(C)C)cc5)CC4=C3CC[C@@]21C. The van der Waals surface area contributed by atoms with Crippen LogP contribution in [0.1, 0.15) is 83.1 Å². The molecule has 2 fully saturated rings. The molecule has 0 saturated heterocycles. The van der Waals surface area contributed by atoms with E-state index in [9.17, 15) is 9.90 Å². The van der Waals surface area contributed by atoms with Crippen LogP contribution in [0.15, 0.2) is 47.1 Å². The molecule has 0 aromatic heterocycles. The van der Waals surface area contributed by atoms with E-state index in [-0.39, 0.29) is 17.1 Å². The van der Waals surface area contributed by atoms with E-state index in [1.165, 1.54) is 11.1 Å². The third kappa shape index (κ3) is 3.70. The third-order valence-electron chi connectivity index (χ3n) is 9.40. The molecule has 0 bridgehead atoms. The maximum atomic E-state index is 13.1. The summed E-state index contributed by atoms with van der Waals surface area (Å²) in [6, 6.07) is 8.02. The third-order valence-corrected chi connectivity index (χ3v) is 9.40. The van der Waals surface area contributed by atoms with Crippen molar-refractivity contribution in [2.75, 3.05) is 14.1 Å². The molecule has 178 valence electrons. The van der Waals surface area contributed by atoms with Crippen molar-refractivity contribution in [1.82, 2.24) is 5.06 Å². The van der Waals surface area contributed by atoms with Gasteiger partial charge in [0.1, 0.15) is 5.75 Å². The first-order chi connectivity index (χ1) is 15.8. The van der Waals surface area contributed by atoms with E-state index < -0.39 is 5.60 Å². The predicted molar refractivity (Wildman–Crippen MR) is 131 cm³/mol. The zero-order valence-electron chi connectivity index (χ0n) is 20.7. The Balaban J connectivity index is 1.43. The summed E-state index contributed by atoms with van der Waals surface area (Å²) in [7, 11) is 3.72. The molecular formula is C29H39NO3. The minimum absolute atomic E-state index is 0.0328. The van der Waals surface area contributed by atoms with Gasteiger partial charge in [-0.1, -0.05) is 38.0 Å². The molecule has 5 atom stereocenters. The number of hydroxylamine groups is 2. The molecule has 1 N–H and O–H groups in total. The van der Waals surface area contributed by atoms with Crippen molar-refractivity contribution < 1.29 is 14.7 Å². The molecule has 0 spiro atoms. The molecule has 5 rings (SSSR count).